The fraction of sp³-hybridized carbons (Fsp3) is 0.136. The molecular formula is C22H21N3S. The number of hydrogen-bond donors (Lipinski definition) is 2. The Balaban J connectivity index is 1.88. The van der Waals surface area contributed by atoms with Crippen LogP contribution in [0.2, 0.25) is 0 Å². The topological polar surface area (TPSA) is 37.0 Å². The second-order valence-corrected chi connectivity index (χ2v) is 6.79. The molecule has 3 aromatic carbocycles. The Hall–Kier alpha value is -2.72. The van der Waals surface area contributed by atoms with Crippen molar-refractivity contribution < 1.29 is 0 Å². The summed E-state index contributed by atoms with van der Waals surface area (Å²) in [5.41, 5.74) is 6.69. The third-order valence-electron chi connectivity index (χ3n) is 4.55. The van der Waals surface area contributed by atoms with E-state index in [0.29, 0.717) is 0 Å². The standard InChI is InChI=1S/C22H21N3S/c1-3-15-14-16(25-26-2)12-13-19(15)24-22-17-8-4-6-10-20(17)23-21-11-7-5-9-18(21)22/h4-14,25H,3H2,1-2H3,(H,23,24). The van der Waals surface area contributed by atoms with Crippen LogP contribution in [0.4, 0.5) is 17.1 Å². The van der Waals surface area contributed by atoms with E-state index in [2.05, 4.69) is 71.6 Å². The van der Waals surface area contributed by atoms with E-state index in [-0.39, 0.29) is 0 Å². The highest BCUT2D eigenvalue weighted by Gasteiger charge is 2.11. The second-order valence-electron chi connectivity index (χ2n) is 6.18. The van der Waals surface area contributed by atoms with E-state index in [0.717, 1.165) is 45.3 Å². The summed E-state index contributed by atoms with van der Waals surface area (Å²) in [6.07, 6.45) is 3.00. The van der Waals surface area contributed by atoms with Gasteiger partial charge in [-0.1, -0.05) is 55.3 Å². The number of rotatable bonds is 5. The van der Waals surface area contributed by atoms with Crippen molar-refractivity contribution >= 4 is 50.8 Å². The third-order valence-corrected chi connectivity index (χ3v) is 4.99. The van der Waals surface area contributed by atoms with Crippen molar-refractivity contribution in [2.24, 2.45) is 0 Å². The van der Waals surface area contributed by atoms with Gasteiger partial charge in [-0.15, -0.1) is 0 Å². The molecule has 4 rings (SSSR count). The van der Waals surface area contributed by atoms with Gasteiger partial charge in [-0.3, -0.25) is 0 Å². The van der Waals surface area contributed by atoms with Gasteiger partial charge in [-0.25, -0.2) is 4.98 Å². The van der Waals surface area contributed by atoms with Gasteiger partial charge in [0.2, 0.25) is 0 Å². The summed E-state index contributed by atoms with van der Waals surface area (Å²) >= 11 is 1.61. The fourth-order valence-corrected chi connectivity index (χ4v) is 3.66. The Bertz CT molecular complexity index is 1020. The second kappa shape index (κ2) is 7.26. The average Bonchev–Trinajstić information content (AvgIpc) is 2.69. The monoisotopic (exact) mass is 359 g/mol. The molecule has 4 aromatic rings. The van der Waals surface area contributed by atoms with Crippen LogP contribution < -0.4 is 10.0 Å². The van der Waals surface area contributed by atoms with Crippen molar-refractivity contribution in [2.75, 3.05) is 16.3 Å². The molecule has 0 saturated heterocycles. The summed E-state index contributed by atoms with van der Waals surface area (Å²) < 4.78 is 3.31. The van der Waals surface area contributed by atoms with Crippen LogP contribution in [-0.4, -0.2) is 11.2 Å². The maximum absolute atomic E-state index is 4.81. The lowest BCUT2D eigenvalue weighted by Crippen LogP contribution is -1.99. The summed E-state index contributed by atoms with van der Waals surface area (Å²) in [6.45, 7) is 2.19. The predicted molar refractivity (Wildman–Crippen MR) is 115 cm³/mol. The van der Waals surface area contributed by atoms with Crippen LogP contribution in [0.1, 0.15) is 12.5 Å². The van der Waals surface area contributed by atoms with Crippen LogP contribution in [0.15, 0.2) is 66.7 Å². The first-order chi connectivity index (χ1) is 12.8. The van der Waals surface area contributed by atoms with Crippen LogP contribution in [0, 0.1) is 0 Å². The number of hydrogen-bond acceptors (Lipinski definition) is 4. The molecule has 26 heavy (non-hydrogen) atoms. The van der Waals surface area contributed by atoms with E-state index in [9.17, 15) is 0 Å². The number of para-hydroxylation sites is 2. The molecule has 0 bridgehead atoms. The SMILES string of the molecule is CCc1cc(NSC)ccc1Nc1c2ccccc2nc2ccccc12. The lowest BCUT2D eigenvalue weighted by atomic mass is 10.1. The van der Waals surface area contributed by atoms with Gasteiger partial charge in [0.15, 0.2) is 0 Å². The molecule has 0 fully saturated rings. The van der Waals surface area contributed by atoms with Crippen molar-refractivity contribution in [1.29, 1.82) is 0 Å². The molecule has 4 heteroatoms. The van der Waals surface area contributed by atoms with Gasteiger partial charge in [0.1, 0.15) is 0 Å². The smallest absolute Gasteiger partial charge is 0.0730 e. The van der Waals surface area contributed by atoms with Crippen molar-refractivity contribution in [3.05, 3.63) is 72.3 Å². The van der Waals surface area contributed by atoms with E-state index in [1.165, 1.54) is 5.56 Å². The highest BCUT2D eigenvalue weighted by Crippen LogP contribution is 2.34. The molecule has 1 heterocycles. The summed E-state index contributed by atoms with van der Waals surface area (Å²) in [7, 11) is 0. The molecule has 0 aliphatic heterocycles. The van der Waals surface area contributed by atoms with E-state index < -0.39 is 0 Å². The minimum atomic E-state index is 0.965. The van der Waals surface area contributed by atoms with E-state index in [1.54, 1.807) is 11.9 Å². The van der Waals surface area contributed by atoms with Gasteiger partial charge in [0.25, 0.3) is 0 Å². The molecule has 2 N–H and O–H groups in total. The molecule has 0 spiro atoms. The fourth-order valence-electron chi connectivity index (χ4n) is 3.30. The quantitative estimate of drug-likeness (QED) is 0.320. The Morgan fingerprint density at radius 3 is 2.15 bits per heavy atom. The highest BCUT2D eigenvalue weighted by atomic mass is 32.2. The number of nitrogens with zero attached hydrogens (tertiary/aromatic N) is 1. The Morgan fingerprint density at radius 1 is 0.885 bits per heavy atom. The lowest BCUT2D eigenvalue weighted by molar-refractivity contribution is 1.14. The predicted octanol–water partition coefficient (Wildman–Crippen LogP) is 6.38. The lowest BCUT2D eigenvalue weighted by Gasteiger charge is -2.16. The molecule has 0 aliphatic carbocycles. The van der Waals surface area contributed by atoms with Gasteiger partial charge in [0, 0.05) is 28.4 Å². The Morgan fingerprint density at radius 2 is 1.54 bits per heavy atom. The summed E-state index contributed by atoms with van der Waals surface area (Å²) in [4.78, 5) is 4.81. The van der Waals surface area contributed by atoms with Crippen molar-refractivity contribution in [1.82, 2.24) is 4.98 Å². The average molecular weight is 359 g/mol. The first kappa shape index (κ1) is 16.7. The molecule has 0 radical (unpaired) electrons. The van der Waals surface area contributed by atoms with Crippen molar-refractivity contribution in [2.45, 2.75) is 13.3 Å². The molecular weight excluding hydrogens is 338 g/mol. The molecule has 130 valence electrons. The Kier molecular flexibility index (Phi) is 4.67. The maximum atomic E-state index is 4.81. The molecule has 0 amide bonds. The number of fused-ring (bicyclic) bond motifs is 2. The highest BCUT2D eigenvalue weighted by molar-refractivity contribution is 7.99. The number of benzene rings is 3. The molecule has 0 atom stereocenters. The maximum Gasteiger partial charge on any atom is 0.0730 e. The van der Waals surface area contributed by atoms with Crippen LogP contribution in [0.25, 0.3) is 21.8 Å². The van der Waals surface area contributed by atoms with E-state index in [1.807, 2.05) is 18.4 Å². The summed E-state index contributed by atoms with van der Waals surface area (Å²) in [6, 6.07) is 23.1. The van der Waals surface area contributed by atoms with Gasteiger partial charge in [-0.05, 0) is 42.3 Å². The van der Waals surface area contributed by atoms with Crippen molar-refractivity contribution in [3.8, 4) is 0 Å². The normalized spacial score (nSPS) is 11.0. The zero-order valence-corrected chi connectivity index (χ0v) is 15.7. The van der Waals surface area contributed by atoms with Crippen LogP contribution in [0.5, 0.6) is 0 Å². The zero-order chi connectivity index (χ0) is 17.9. The first-order valence-corrected chi connectivity index (χ1v) is 9.99. The minimum absolute atomic E-state index is 0.965. The molecule has 0 saturated carbocycles. The van der Waals surface area contributed by atoms with E-state index in [4.69, 9.17) is 4.98 Å². The zero-order valence-electron chi connectivity index (χ0n) is 14.9. The summed E-state index contributed by atoms with van der Waals surface area (Å²) in [5.74, 6) is 0. The number of pyridine rings is 1. The number of anilines is 3. The molecule has 3 nitrogen and oxygen atoms in total. The first-order valence-electron chi connectivity index (χ1n) is 8.76. The largest absolute Gasteiger partial charge is 0.354 e. The number of nitrogens with one attached hydrogen (secondary N) is 2. The number of aryl methyl sites for hydroxylation is 1. The van der Waals surface area contributed by atoms with Gasteiger partial charge in [0.05, 0.1) is 16.7 Å². The Labute approximate surface area is 158 Å². The van der Waals surface area contributed by atoms with Crippen LogP contribution >= 0.6 is 11.9 Å². The van der Waals surface area contributed by atoms with Crippen LogP contribution in [-0.2, 0) is 6.42 Å². The van der Waals surface area contributed by atoms with Crippen molar-refractivity contribution in [3.63, 3.8) is 0 Å². The number of aromatic nitrogens is 1. The van der Waals surface area contributed by atoms with Gasteiger partial charge in [-0.2, -0.15) is 0 Å². The third kappa shape index (κ3) is 3.08. The minimum Gasteiger partial charge on any atom is -0.354 e. The van der Waals surface area contributed by atoms with Gasteiger partial charge < -0.3 is 10.0 Å². The molecule has 0 unspecified atom stereocenters. The van der Waals surface area contributed by atoms with Crippen LogP contribution in [0.3, 0.4) is 0 Å². The molecule has 1 aromatic heterocycles. The van der Waals surface area contributed by atoms with Gasteiger partial charge >= 0.3 is 0 Å². The summed E-state index contributed by atoms with van der Waals surface area (Å²) in [5, 5.41) is 5.98. The molecule has 0 aliphatic rings. The van der Waals surface area contributed by atoms with E-state index >= 15 is 0 Å².